The van der Waals surface area contributed by atoms with Gasteiger partial charge in [-0.1, -0.05) is 12.1 Å². The largest absolute Gasteiger partial charge is 0.349 e. The average molecular weight is 273 g/mol. The average Bonchev–Trinajstić information content (AvgIpc) is 2.95. The van der Waals surface area contributed by atoms with Crippen molar-refractivity contribution in [3.8, 4) is 0 Å². The Kier molecular flexibility index (Phi) is 4.09. The summed E-state index contributed by atoms with van der Waals surface area (Å²) >= 11 is 0. The molecule has 0 aliphatic carbocycles. The second-order valence-electron chi connectivity index (χ2n) is 4.45. The molecule has 0 saturated carbocycles. The van der Waals surface area contributed by atoms with Crippen LogP contribution in [0.5, 0.6) is 0 Å². The number of anilines is 1. The highest BCUT2D eigenvalue weighted by atomic mass is 16.2. The van der Waals surface area contributed by atoms with Gasteiger partial charge in [0.1, 0.15) is 6.33 Å². The number of hydrogen-bond donors (Lipinski definition) is 2. The number of carbonyl (C=O) groups excluding carboxylic acids is 2. The van der Waals surface area contributed by atoms with E-state index in [9.17, 15) is 9.59 Å². The molecule has 2 aromatic rings. The predicted octanol–water partition coefficient (Wildman–Crippen LogP) is 0.688. The highest BCUT2D eigenvalue weighted by molar-refractivity contribution is 6.01. The predicted molar refractivity (Wildman–Crippen MR) is 73.2 cm³/mol. The van der Waals surface area contributed by atoms with E-state index in [-0.39, 0.29) is 17.6 Å². The van der Waals surface area contributed by atoms with E-state index in [4.69, 9.17) is 0 Å². The Bertz CT molecular complexity index is 590. The van der Waals surface area contributed by atoms with Gasteiger partial charge in [0.15, 0.2) is 0 Å². The number of aromatic amines is 1. The number of carbonyl (C=O) groups is 2. The fourth-order valence-corrected chi connectivity index (χ4v) is 1.54. The van der Waals surface area contributed by atoms with E-state index >= 15 is 0 Å². The van der Waals surface area contributed by atoms with Crippen molar-refractivity contribution in [2.45, 2.75) is 6.42 Å². The Morgan fingerprint density at radius 2 is 1.95 bits per heavy atom. The summed E-state index contributed by atoms with van der Waals surface area (Å²) in [6.45, 7) is 0. The first kappa shape index (κ1) is 13.7. The molecule has 1 heterocycles. The third kappa shape index (κ3) is 3.41. The number of rotatable bonds is 4. The molecule has 1 aromatic heterocycles. The van der Waals surface area contributed by atoms with E-state index in [0.29, 0.717) is 12.1 Å². The zero-order chi connectivity index (χ0) is 14.5. The smallest absolute Gasteiger partial charge is 0.292 e. The molecule has 0 bridgehead atoms. The van der Waals surface area contributed by atoms with E-state index < -0.39 is 0 Å². The van der Waals surface area contributed by atoms with E-state index in [2.05, 4.69) is 20.5 Å². The number of nitrogens with zero attached hydrogens (tertiary/aromatic N) is 3. The van der Waals surface area contributed by atoms with Crippen LogP contribution in [-0.4, -0.2) is 46.0 Å². The zero-order valence-electron chi connectivity index (χ0n) is 11.3. The van der Waals surface area contributed by atoms with Crippen LogP contribution in [0.4, 0.5) is 5.69 Å². The van der Waals surface area contributed by atoms with E-state index in [1.165, 1.54) is 6.33 Å². The third-order valence-corrected chi connectivity index (χ3v) is 2.70. The van der Waals surface area contributed by atoms with Gasteiger partial charge < -0.3 is 10.2 Å². The van der Waals surface area contributed by atoms with Crippen LogP contribution in [0.1, 0.15) is 16.2 Å². The van der Waals surface area contributed by atoms with E-state index in [1.807, 2.05) is 0 Å². The molecule has 20 heavy (non-hydrogen) atoms. The van der Waals surface area contributed by atoms with Gasteiger partial charge in [-0.15, -0.1) is 0 Å². The molecule has 2 rings (SSSR count). The molecule has 2 N–H and O–H groups in total. The lowest BCUT2D eigenvalue weighted by molar-refractivity contribution is -0.127. The van der Waals surface area contributed by atoms with Crippen LogP contribution < -0.4 is 5.32 Å². The van der Waals surface area contributed by atoms with Crippen molar-refractivity contribution in [1.29, 1.82) is 0 Å². The molecule has 0 spiro atoms. The molecular formula is C13H15N5O2. The van der Waals surface area contributed by atoms with Gasteiger partial charge in [-0.3, -0.25) is 14.7 Å². The first-order valence-corrected chi connectivity index (χ1v) is 6.02. The van der Waals surface area contributed by atoms with Crippen molar-refractivity contribution in [2.75, 3.05) is 19.4 Å². The van der Waals surface area contributed by atoms with Gasteiger partial charge in [-0.25, -0.2) is 4.98 Å². The van der Waals surface area contributed by atoms with Crippen molar-refractivity contribution in [2.24, 2.45) is 0 Å². The van der Waals surface area contributed by atoms with Crippen LogP contribution in [0.3, 0.4) is 0 Å². The first-order chi connectivity index (χ1) is 9.56. The molecule has 0 aliphatic rings. The summed E-state index contributed by atoms with van der Waals surface area (Å²) in [5.74, 6) is -0.181. The Morgan fingerprint density at radius 1 is 1.25 bits per heavy atom. The standard InChI is InChI=1S/C13H15N5O2/c1-18(2)11(19)7-9-3-5-10(6-4-9)16-13(20)12-14-8-15-17-12/h3-6,8H,7H2,1-2H3,(H,16,20)(H,14,15,17). The van der Waals surface area contributed by atoms with Crippen LogP contribution in [0.15, 0.2) is 30.6 Å². The summed E-state index contributed by atoms with van der Waals surface area (Å²) < 4.78 is 0. The lowest BCUT2D eigenvalue weighted by Crippen LogP contribution is -2.23. The number of nitrogens with one attached hydrogen (secondary N) is 2. The quantitative estimate of drug-likeness (QED) is 0.857. The molecule has 0 radical (unpaired) electrons. The summed E-state index contributed by atoms with van der Waals surface area (Å²) in [6, 6.07) is 7.09. The molecule has 7 heteroatoms. The van der Waals surface area contributed by atoms with Crippen LogP contribution >= 0.6 is 0 Å². The number of hydrogen-bond acceptors (Lipinski definition) is 4. The van der Waals surface area contributed by atoms with Crippen molar-refractivity contribution < 1.29 is 9.59 Å². The van der Waals surface area contributed by atoms with Gasteiger partial charge in [0.05, 0.1) is 6.42 Å². The van der Waals surface area contributed by atoms with Crippen LogP contribution in [0, 0.1) is 0 Å². The summed E-state index contributed by atoms with van der Waals surface area (Å²) in [6.07, 6.45) is 1.61. The minimum atomic E-state index is -0.361. The number of aromatic nitrogens is 3. The molecule has 104 valence electrons. The topological polar surface area (TPSA) is 91.0 Å². The first-order valence-electron chi connectivity index (χ1n) is 6.02. The van der Waals surface area contributed by atoms with Crippen molar-refractivity contribution >= 4 is 17.5 Å². The molecular weight excluding hydrogens is 258 g/mol. The van der Waals surface area contributed by atoms with Crippen LogP contribution in [0.2, 0.25) is 0 Å². The second kappa shape index (κ2) is 5.96. The molecule has 0 atom stereocenters. The monoisotopic (exact) mass is 273 g/mol. The molecule has 0 fully saturated rings. The van der Waals surface area contributed by atoms with Crippen LogP contribution in [0.25, 0.3) is 0 Å². The number of likely N-dealkylation sites (N-methyl/N-ethyl adjacent to an activating group) is 1. The van der Waals surface area contributed by atoms with Crippen LogP contribution in [-0.2, 0) is 11.2 Å². The molecule has 7 nitrogen and oxygen atoms in total. The summed E-state index contributed by atoms with van der Waals surface area (Å²) in [5.41, 5.74) is 1.52. The summed E-state index contributed by atoms with van der Waals surface area (Å²) in [5, 5.41) is 8.77. The number of benzene rings is 1. The highest BCUT2D eigenvalue weighted by Gasteiger charge is 2.09. The zero-order valence-corrected chi connectivity index (χ0v) is 11.3. The maximum Gasteiger partial charge on any atom is 0.292 e. The second-order valence-corrected chi connectivity index (χ2v) is 4.45. The van der Waals surface area contributed by atoms with Gasteiger partial charge in [-0.05, 0) is 17.7 Å². The molecule has 0 aliphatic heterocycles. The summed E-state index contributed by atoms with van der Waals surface area (Å²) in [4.78, 5) is 28.6. The van der Waals surface area contributed by atoms with Gasteiger partial charge in [0, 0.05) is 19.8 Å². The third-order valence-electron chi connectivity index (χ3n) is 2.70. The Labute approximate surface area is 116 Å². The SMILES string of the molecule is CN(C)C(=O)Cc1ccc(NC(=O)c2ncn[nH]2)cc1. The number of amides is 2. The van der Waals surface area contributed by atoms with Crippen molar-refractivity contribution in [3.63, 3.8) is 0 Å². The van der Waals surface area contributed by atoms with E-state index in [1.54, 1.807) is 43.3 Å². The van der Waals surface area contributed by atoms with Gasteiger partial charge in [0.25, 0.3) is 5.91 Å². The Balaban J connectivity index is 1.98. The maximum atomic E-state index is 11.7. The molecule has 0 unspecified atom stereocenters. The minimum absolute atomic E-state index is 0.0310. The minimum Gasteiger partial charge on any atom is -0.349 e. The van der Waals surface area contributed by atoms with Gasteiger partial charge >= 0.3 is 0 Å². The van der Waals surface area contributed by atoms with E-state index in [0.717, 1.165) is 5.56 Å². The lowest BCUT2D eigenvalue weighted by Gasteiger charge is -2.10. The van der Waals surface area contributed by atoms with Gasteiger partial charge in [0.2, 0.25) is 11.7 Å². The normalized spacial score (nSPS) is 10.1. The highest BCUT2D eigenvalue weighted by Crippen LogP contribution is 2.11. The number of H-pyrrole nitrogens is 1. The Morgan fingerprint density at radius 3 is 2.50 bits per heavy atom. The van der Waals surface area contributed by atoms with Crippen molar-refractivity contribution in [1.82, 2.24) is 20.1 Å². The maximum absolute atomic E-state index is 11.7. The van der Waals surface area contributed by atoms with Gasteiger partial charge in [-0.2, -0.15) is 5.10 Å². The van der Waals surface area contributed by atoms with Crippen molar-refractivity contribution in [3.05, 3.63) is 42.0 Å². The summed E-state index contributed by atoms with van der Waals surface area (Å²) in [7, 11) is 3.43. The molecule has 2 amide bonds. The molecule has 0 saturated heterocycles. The Hall–Kier alpha value is -2.70. The fraction of sp³-hybridized carbons (Fsp3) is 0.231. The fourth-order valence-electron chi connectivity index (χ4n) is 1.54. The lowest BCUT2D eigenvalue weighted by atomic mass is 10.1. The molecule has 1 aromatic carbocycles.